The van der Waals surface area contributed by atoms with Crippen LogP contribution in [0.1, 0.15) is 0 Å². The van der Waals surface area contributed by atoms with Gasteiger partial charge < -0.3 is 15.2 Å². The molecule has 1 aliphatic heterocycles. The fraction of sp³-hybridized carbons (Fsp3) is 0.538. The second kappa shape index (κ2) is 7.82. The van der Waals surface area contributed by atoms with E-state index >= 15 is 0 Å². The van der Waals surface area contributed by atoms with Crippen molar-refractivity contribution >= 4 is 44.8 Å². The van der Waals surface area contributed by atoms with Gasteiger partial charge in [-0.3, -0.25) is 4.90 Å². The Balaban J connectivity index is 1.83. The maximum absolute atomic E-state index is 10.0. The summed E-state index contributed by atoms with van der Waals surface area (Å²) in [5.41, 5.74) is 0.723. The molecule has 0 aliphatic carbocycles. The fourth-order valence-corrected chi connectivity index (χ4v) is 2.88. The molecule has 0 saturated carbocycles. The van der Waals surface area contributed by atoms with Gasteiger partial charge in [0.15, 0.2) is 0 Å². The highest BCUT2D eigenvalue weighted by molar-refractivity contribution is 9.10. The summed E-state index contributed by atoms with van der Waals surface area (Å²) >= 11 is 15.5. The molecule has 0 aromatic heterocycles. The number of benzene rings is 1. The van der Waals surface area contributed by atoms with E-state index in [-0.39, 0.29) is 0 Å². The monoisotopic (exact) mass is 382 g/mol. The molecule has 0 spiro atoms. The summed E-state index contributed by atoms with van der Waals surface area (Å²) in [4.78, 5) is 2.19. The number of halogens is 3. The largest absolute Gasteiger partial charge is 0.390 e. The van der Waals surface area contributed by atoms with Crippen LogP contribution >= 0.6 is 39.1 Å². The van der Waals surface area contributed by atoms with Gasteiger partial charge in [-0.2, -0.15) is 0 Å². The molecule has 1 aliphatic rings. The number of aliphatic hydroxyl groups excluding tert-OH is 1. The molecular weight excluding hydrogens is 367 g/mol. The number of rotatable bonds is 5. The van der Waals surface area contributed by atoms with Crippen molar-refractivity contribution < 1.29 is 9.84 Å². The van der Waals surface area contributed by atoms with Crippen LogP contribution in [-0.2, 0) is 4.74 Å². The van der Waals surface area contributed by atoms with Crippen molar-refractivity contribution in [3.05, 3.63) is 26.7 Å². The molecule has 1 saturated heterocycles. The van der Waals surface area contributed by atoms with Crippen LogP contribution < -0.4 is 5.32 Å². The number of hydrogen-bond donors (Lipinski definition) is 2. The van der Waals surface area contributed by atoms with E-state index in [1.54, 1.807) is 0 Å². The Morgan fingerprint density at radius 2 is 2.00 bits per heavy atom. The van der Waals surface area contributed by atoms with E-state index in [1.807, 2.05) is 12.1 Å². The van der Waals surface area contributed by atoms with Crippen molar-refractivity contribution in [1.82, 2.24) is 4.90 Å². The molecule has 7 heteroatoms. The summed E-state index contributed by atoms with van der Waals surface area (Å²) in [5, 5.41) is 14.1. The number of β-amino-alcohol motifs (C(OH)–C–C–N with tert-alkyl or cyclic N) is 1. The molecule has 0 bridgehead atoms. The van der Waals surface area contributed by atoms with Gasteiger partial charge >= 0.3 is 0 Å². The zero-order chi connectivity index (χ0) is 14.5. The highest BCUT2D eigenvalue weighted by Crippen LogP contribution is 2.35. The number of hydrogen-bond acceptors (Lipinski definition) is 4. The average molecular weight is 384 g/mol. The fourth-order valence-electron chi connectivity index (χ4n) is 2.04. The highest BCUT2D eigenvalue weighted by Gasteiger charge is 2.15. The van der Waals surface area contributed by atoms with E-state index in [9.17, 15) is 5.11 Å². The Morgan fingerprint density at radius 3 is 2.70 bits per heavy atom. The van der Waals surface area contributed by atoms with Crippen LogP contribution in [-0.4, -0.2) is 55.5 Å². The lowest BCUT2D eigenvalue weighted by Gasteiger charge is -2.28. The normalized spacial score (nSPS) is 18.0. The van der Waals surface area contributed by atoms with Gasteiger partial charge in [0, 0.05) is 30.7 Å². The summed E-state index contributed by atoms with van der Waals surface area (Å²) < 4.78 is 6.03. The van der Waals surface area contributed by atoms with Gasteiger partial charge in [-0.1, -0.05) is 23.2 Å². The zero-order valence-electron chi connectivity index (χ0n) is 10.9. The number of nitrogens with zero attached hydrogens (tertiary/aromatic N) is 1. The van der Waals surface area contributed by atoms with Crippen molar-refractivity contribution in [1.29, 1.82) is 0 Å². The van der Waals surface area contributed by atoms with Gasteiger partial charge in [0.2, 0.25) is 0 Å². The van der Waals surface area contributed by atoms with Crippen LogP contribution in [0, 0.1) is 0 Å². The van der Waals surface area contributed by atoms with Gasteiger partial charge in [0.25, 0.3) is 0 Å². The molecule has 1 unspecified atom stereocenters. The molecule has 1 fully saturated rings. The number of anilines is 1. The highest BCUT2D eigenvalue weighted by atomic mass is 79.9. The Labute approximate surface area is 137 Å². The van der Waals surface area contributed by atoms with Gasteiger partial charge in [0.1, 0.15) is 0 Å². The zero-order valence-corrected chi connectivity index (χ0v) is 14.0. The first-order chi connectivity index (χ1) is 9.58. The number of nitrogens with one attached hydrogen (secondary N) is 1. The standard InChI is InChI=1S/C13H17BrCl2N2O2/c14-10-1-2-11(13(16)12(10)15)17-7-9(19)8-18-3-5-20-6-4-18/h1-2,9,17,19H,3-8H2. The van der Waals surface area contributed by atoms with Crippen molar-refractivity contribution in [3.63, 3.8) is 0 Å². The number of ether oxygens (including phenoxy) is 1. The minimum atomic E-state index is -0.466. The molecule has 1 atom stereocenters. The first-order valence-electron chi connectivity index (χ1n) is 6.43. The third-order valence-corrected chi connectivity index (χ3v) is 4.91. The predicted molar refractivity (Wildman–Crippen MR) is 85.9 cm³/mol. The lowest BCUT2D eigenvalue weighted by Crippen LogP contribution is -2.42. The van der Waals surface area contributed by atoms with Gasteiger partial charge in [0.05, 0.1) is 35.1 Å². The molecule has 1 aromatic rings. The van der Waals surface area contributed by atoms with Crippen molar-refractivity contribution in [2.24, 2.45) is 0 Å². The molecule has 0 amide bonds. The van der Waals surface area contributed by atoms with E-state index in [0.717, 1.165) is 36.5 Å². The average Bonchev–Trinajstić information content (AvgIpc) is 2.45. The topological polar surface area (TPSA) is 44.7 Å². The van der Waals surface area contributed by atoms with Gasteiger partial charge in [-0.25, -0.2) is 0 Å². The molecule has 2 rings (SSSR count). The van der Waals surface area contributed by atoms with E-state index in [1.165, 1.54) is 0 Å². The van der Waals surface area contributed by atoms with E-state index in [0.29, 0.717) is 23.1 Å². The number of aliphatic hydroxyl groups is 1. The Morgan fingerprint density at radius 1 is 1.30 bits per heavy atom. The molecule has 4 nitrogen and oxygen atoms in total. The quantitative estimate of drug-likeness (QED) is 0.767. The molecule has 20 heavy (non-hydrogen) atoms. The maximum Gasteiger partial charge on any atom is 0.0839 e. The molecule has 0 radical (unpaired) electrons. The SMILES string of the molecule is OC(CNc1ccc(Br)c(Cl)c1Cl)CN1CCOCC1. The predicted octanol–water partition coefficient (Wildman–Crippen LogP) is 2.86. The lowest BCUT2D eigenvalue weighted by molar-refractivity contribution is 0.0171. The molecular formula is C13H17BrCl2N2O2. The molecule has 112 valence electrons. The smallest absolute Gasteiger partial charge is 0.0839 e. The lowest BCUT2D eigenvalue weighted by atomic mass is 10.2. The van der Waals surface area contributed by atoms with Crippen LogP contribution in [0.25, 0.3) is 0 Å². The van der Waals surface area contributed by atoms with E-state index in [4.69, 9.17) is 27.9 Å². The summed E-state index contributed by atoms with van der Waals surface area (Å²) in [6.45, 7) is 4.24. The van der Waals surface area contributed by atoms with E-state index in [2.05, 4.69) is 26.1 Å². The molecule has 1 heterocycles. The van der Waals surface area contributed by atoms with Crippen LogP contribution in [0.5, 0.6) is 0 Å². The summed E-state index contributed by atoms with van der Waals surface area (Å²) in [6, 6.07) is 3.66. The Kier molecular flexibility index (Phi) is 6.39. The van der Waals surface area contributed by atoms with Crippen molar-refractivity contribution in [3.8, 4) is 0 Å². The maximum atomic E-state index is 10.0. The second-order valence-electron chi connectivity index (χ2n) is 4.67. The third-order valence-electron chi connectivity index (χ3n) is 3.14. The molecule has 2 N–H and O–H groups in total. The summed E-state index contributed by atoms with van der Waals surface area (Å²) in [6.07, 6.45) is -0.466. The van der Waals surface area contributed by atoms with Gasteiger partial charge in [-0.15, -0.1) is 0 Å². The summed E-state index contributed by atoms with van der Waals surface area (Å²) in [7, 11) is 0. The molecule has 1 aromatic carbocycles. The van der Waals surface area contributed by atoms with Crippen LogP contribution in [0.4, 0.5) is 5.69 Å². The third kappa shape index (κ3) is 4.48. The van der Waals surface area contributed by atoms with Crippen LogP contribution in [0.3, 0.4) is 0 Å². The van der Waals surface area contributed by atoms with E-state index < -0.39 is 6.10 Å². The first kappa shape index (κ1) is 16.3. The van der Waals surface area contributed by atoms with Gasteiger partial charge in [-0.05, 0) is 28.1 Å². The van der Waals surface area contributed by atoms with Crippen LogP contribution in [0.15, 0.2) is 16.6 Å². The van der Waals surface area contributed by atoms with Crippen LogP contribution in [0.2, 0.25) is 10.0 Å². The Hall–Kier alpha value is -0.0400. The van der Waals surface area contributed by atoms with Crippen molar-refractivity contribution in [2.75, 3.05) is 44.7 Å². The Bertz CT molecular complexity index is 456. The summed E-state index contributed by atoms with van der Waals surface area (Å²) in [5.74, 6) is 0. The second-order valence-corrected chi connectivity index (χ2v) is 6.28. The first-order valence-corrected chi connectivity index (χ1v) is 7.98. The number of morpholine rings is 1. The minimum absolute atomic E-state index is 0.426. The minimum Gasteiger partial charge on any atom is -0.390 e. The van der Waals surface area contributed by atoms with Crippen molar-refractivity contribution in [2.45, 2.75) is 6.10 Å².